The predicted molar refractivity (Wildman–Crippen MR) is 87.0 cm³/mol. The van der Waals surface area contributed by atoms with Crippen molar-refractivity contribution in [2.24, 2.45) is 0 Å². The molecular weight excluding hydrogens is 356 g/mol. The molecule has 0 aliphatic carbocycles. The quantitative estimate of drug-likeness (QED) is 0.380. The molecule has 2 heterocycles. The van der Waals surface area contributed by atoms with Crippen LogP contribution in [0.3, 0.4) is 0 Å². The predicted octanol–water partition coefficient (Wildman–Crippen LogP) is 4.32. The highest BCUT2D eigenvalue weighted by atomic mass is 35.5. The normalized spacial score (nSPS) is 10.5. The monoisotopic (exact) mass is 364 g/mol. The van der Waals surface area contributed by atoms with Crippen molar-refractivity contribution in [2.45, 2.75) is 6.61 Å². The number of benzene rings is 1. The zero-order valence-electron chi connectivity index (χ0n) is 12.0. The van der Waals surface area contributed by atoms with Crippen LogP contribution in [0.15, 0.2) is 46.3 Å². The summed E-state index contributed by atoms with van der Waals surface area (Å²) in [6.45, 7) is -0.107. The van der Waals surface area contributed by atoms with E-state index in [4.69, 9.17) is 20.9 Å². The summed E-state index contributed by atoms with van der Waals surface area (Å²) >= 11 is 7.20. The van der Waals surface area contributed by atoms with Crippen molar-refractivity contribution in [3.8, 4) is 10.6 Å². The second-order valence-electron chi connectivity index (χ2n) is 4.66. The molecule has 3 aromatic rings. The Hall–Kier alpha value is -2.71. The molecule has 0 spiro atoms. The first-order chi connectivity index (χ1) is 11.5. The van der Waals surface area contributed by atoms with Crippen LogP contribution in [0.2, 0.25) is 5.02 Å². The minimum atomic E-state index is -0.713. The first-order valence-electron chi connectivity index (χ1n) is 6.65. The number of esters is 1. The number of hydrogen-bond donors (Lipinski definition) is 0. The molecular formula is C15H9ClN2O5S. The molecule has 0 N–H and O–H groups in total. The molecule has 0 unspecified atom stereocenters. The Labute approximate surface area is 144 Å². The highest BCUT2D eigenvalue weighted by molar-refractivity contribution is 7.13. The van der Waals surface area contributed by atoms with Gasteiger partial charge in [0.05, 0.1) is 15.4 Å². The average molecular weight is 365 g/mol. The third-order valence-electron chi connectivity index (χ3n) is 3.05. The number of carbonyl (C=O) groups is 1. The summed E-state index contributed by atoms with van der Waals surface area (Å²) in [4.78, 5) is 23.1. The van der Waals surface area contributed by atoms with E-state index < -0.39 is 10.9 Å². The minimum Gasteiger partial charge on any atom is -0.455 e. The van der Waals surface area contributed by atoms with Gasteiger partial charge in [-0.3, -0.25) is 10.1 Å². The van der Waals surface area contributed by atoms with Gasteiger partial charge in [-0.25, -0.2) is 4.79 Å². The van der Waals surface area contributed by atoms with E-state index in [9.17, 15) is 14.9 Å². The summed E-state index contributed by atoms with van der Waals surface area (Å²) in [6.07, 6.45) is 0. The smallest absolute Gasteiger partial charge is 0.338 e. The summed E-state index contributed by atoms with van der Waals surface area (Å²) in [5.74, 6) is -0.131. The number of ether oxygens (including phenoxy) is 1. The second-order valence-corrected chi connectivity index (χ2v) is 6.01. The summed E-state index contributed by atoms with van der Waals surface area (Å²) in [5.41, 5.74) is 0.121. The van der Waals surface area contributed by atoms with E-state index >= 15 is 0 Å². The fraction of sp³-hybridized carbons (Fsp3) is 0.0667. The maximum atomic E-state index is 12.0. The summed E-state index contributed by atoms with van der Waals surface area (Å²) in [6, 6.07) is 9.15. The molecule has 2 aromatic heterocycles. The lowest BCUT2D eigenvalue weighted by molar-refractivity contribution is -0.384. The number of hydrogen-bond acceptors (Lipinski definition) is 7. The van der Waals surface area contributed by atoms with Crippen molar-refractivity contribution >= 4 is 34.6 Å². The summed E-state index contributed by atoms with van der Waals surface area (Å²) in [7, 11) is 0. The molecule has 0 fully saturated rings. The van der Waals surface area contributed by atoms with Gasteiger partial charge in [0, 0.05) is 12.1 Å². The molecule has 7 nitrogen and oxygen atoms in total. The van der Waals surface area contributed by atoms with E-state index in [1.807, 2.05) is 17.5 Å². The van der Waals surface area contributed by atoms with E-state index in [1.165, 1.54) is 23.5 Å². The number of carbonyl (C=O) groups excluding carboxylic acids is 1. The zero-order valence-corrected chi connectivity index (χ0v) is 13.5. The van der Waals surface area contributed by atoms with Crippen LogP contribution in [0.1, 0.15) is 16.1 Å². The Bertz CT molecular complexity index is 891. The molecule has 0 aliphatic rings. The van der Waals surface area contributed by atoms with E-state index in [1.54, 1.807) is 6.07 Å². The van der Waals surface area contributed by atoms with E-state index in [-0.39, 0.29) is 22.9 Å². The number of nitro benzene ring substituents is 1. The largest absolute Gasteiger partial charge is 0.455 e. The van der Waals surface area contributed by atoms with Gasteiger partial charge in [-0.05, 0) is 23.6 Å². The number of nitro groups is 1. The fourth-order valence-corrected chi connectivity index (χ4v) is 2.78. The number of halogens is 1. The minimum absolute atomic E-state index is 0.0353. The van der Waals surface area contributed by atoms with Gasteiger partial charge < -0.3 is 9.26 Å². The lowest BCUT2D eigenvalue weighted by Gasteiger charge is -2.03. The van der Waals surface area contributed by atoms with Gasteiger partial charge in [-0.1, -0.05) is 22.8 Å². The van der Waals surface area contributed by atoms with Gasteiger partial charge in [0.2, 0.25) is 0 Å². The molecule has 1 aromatic carbocycles. The molecule has 9 heteroatoms. The summed E-state index contributed by atoms with van der Waals surface area (Å²) < 4.78 is 10.3. The molecule has 0 saturated carbocycles. The van der Waals surface area contributed by atoms with Crippen LogP contribution in [-0.2, 0) is 11.3 Å². The fourth-order valence-electron chi connectivity index (χ4n) is 1.92. The molecule has 0 atom stereocenters. The molecule has 122 valence electrons. The van der Waals surface area contributed by atoms with Gasteiger partial charge in [-0.2, -0.15) is 0 Å². The van der Waals surface area contributed by atoms with Crippen LogP contribution >= 0.6 is 22.9 Å². The second kappa shape index (κ2) is 6.81. The summed E-state index contributed by atoms with van der Waals surface area (Å²) in [5, 5.41) is 16.5. The maximum absolute atomic E-state index is 12.0. The molecule has 0 radical (unpaired) electrons. The van der Waals surface area contributed by atoms with E-state index in [0.717, 1.165) is 10.9 Å². The molecule has 0 aliphatic heterocycles. The van der Waals surface area contributed by atoms with Crippen molar-refractivity contribution in [1.29, 1.82) is 0 Å². The Morgan fingerprint density at radius 2 is 2.21 bits per heavy atom. The first kappa shape index (κ1) is 16.2. The lowest BCUT2D eigenvalue weighted by atomic mass is 10.2. The SMILES string of the molecule is O=C(OCc1cc(-c2cccs2)on1)c1ccc(Cl)c([N+](=O)[O-])c1. The van der Waals surface area contributed by atoms with Crippen molar-refractivity contribution in [3.63, 3.8) is 0 Å². The molecule has 0 saturated heterocycles. The van der Waals surface area contributed by atoms with Crippen LogP contribution in [0.4, 0.5) is 5.69 Å². The molecule has 24 heavy (non-hydrogen) atoms. The third-order valence-corrected chi connectivity index (χ3v) is 4.26. The van der Waals surface area contributed by atoms with Crippen LogP contribution in [-0.4, -0.2) is 16.0 Å². The van der Waals surface area contributed by atoms with E-state index in [0.29, 0.717) is 11.5 Å². The molecule has 0 bridgehead atoms. The standard InChI is InChI=1S/C15H9ClN2O5S/c16-11-4-3-9(6-12(11)18(20)21)15(19)22-8-10-7-13(23-17-10)14-2-1-5-24-14/h1-7H,8H2. The van der Waals surface area contributed by atoms with Gasteiger partial charge in [0.1, 0.15) is 17.3 Å². The van der Waals surface area contributed by atoms with Crippen LogP contribution in [0, 0.1) is 10.1 Å². The van der Waals surface area contributed by atoms with Crippen LogP contribution in [0.5, 0.6) is 0 Å². The number of nitrogens with zero attached hydrogens (tertiary/aromatic N) is 2. The zero-order chi connectivity index (χ0) is 17.1. The Morgan fingerprint density at radius 1 is 1.38 bits per heavy atom. The molecule has 0 amide bonds. The van der Waals surface area contributed by atoms with Crippen molar-refractivity contribution in [2.75, 3.05) is 0 Å². The van der Waals surface area contributed by atoms with Crippen molar-refractivity contribution < 1.29 is 19.0 Å². The highest BCUT2D eigenvalue weighted by Gasteiger charge is 2.18. The number of thiophene rings is 1. The van der Waals surface area contributed by atoms with Crippen LogP contribution < -0.4 is 0 Å². The van der Waals surface area contributed by atoms with Gasteiger partial charge in [0.15, 0.2) is 5.76 Å². The van der Waals surface area contributed by atoms with Crippen molar-refractivity contribution in [3.05, 3.63) is 68.2 Å². The maximum Gasteiger partial charge on any atom is 0.338 e. The third kappa shape index (κ3) is 3.44. The van der Waals surface area contributed by atoms with Crippen LogP contribution in [0.25, 0.3) is 10.6 Å². The van der Waals surface area contributed by atoms with Gasteiger partial charge >= 0.3 is 5.97 Å². The highest BCUT2D eigenvalue weighted by Crippen LogP contribution is 2.27. The van der Waals surface area contributed by atoms with E-state index in [2.05, 4.69) is 5.16 Å². The lowest BCUT2D eigenvalue weighted by Crippen LogP contribution is -2.06. The topological polar surface area (TPSA) is 95.5 Å². The number of aromatic nitrogens is 1. The van der Waals surface area contributed by atoms with Gasteiger partial charge in [0.25, 0.3) is 5.69 Å². The Kier molecular flexibility index (Phi) is 4.59. The first-order valence-corrected chi connectivity index (χ1v) is 7.91. The Morgan fingerprint density at radius 3 is 2.92 bits per heavy atom. The van der Waals surface area contributed by atoms with Crippen molar-refractivity contribution in [1.82, 2.24) is 5.16 Å². The Balaban J connectivity index is 1.68. The van der Waals surface area contributed by atoms with Gasteiger partial charge in [-0.15, -0.1) is 11.3 Å². The molecule has 3 rings (SSSR count). The number of rotatable bonds is 5. The average Bonchev–Trinajstić information content (AvgIpc) is 3.24.